The largest absolute Gasteiger partial charge is 0.370 e. The van der Waals surface area contributed by atoms with E-state index in [2.05, 4.69) is 4.84 Å². The number of carbonyl (C=O) groups is 1. The molecule has 0 aromatic heterocycles. The van der Waals surface area contributed by atoms with Crippen LogP contribution in [0.2, 0.25) is 0 Å². The lowest BCUT2D eigenvalue weighted by atomic mass is 9.82. The van der Waals surface area contributed by atoms with E-state index >= 15 is 0 Å². The summed E-state index contributed by atoms with van der Waals surface area (Å²) in [4.78, 5) is 15.9. The van der Waals surface area contributed by atoms with Crippen LogP contribution in [-0.4, -0.2) is 5.97 Å². The van der Waals surface area contributed by atoms with Gasteiger partial charge >= 0.3 is 5.97 Å². The van der Waals surface area contributed by atoms with Crippen molar-refractivity contribution >= 4 is 5.97 Å². The first kappa shape index (κ1) is 11.1. The maximum atomic E-state index is 11.5. The number of nitrogens with two attached hydrogens (primary N) is 1. The highest BCUT2D eigenvalue weighted by Crippen LogP contribution is 2.34. The Balaban J connectivity index is 2.28. The topological polar surface area (TPSA) is 52.3 Å². The second-order valence-electron chi connectivity index (χ2n) is 4.33. The molecule has 1 aromatic rings. The fourth-order valence-corrected chi connectivity index (χ4v) is 2.52. The van der Waals surface area contributed by atoms with Gasteiger partial charge in [0.05, 0.1) is 5.56 Å². The number of rotatable bonds is 2. The summed E-state index contributed by atoms with van der Waals surface area (Å²) in [5.74, 6) is 5.01. The van der Waals surface area contributed by atoms with Gasteiger partial charge < -0.3 is 4.84 Å². The molecule has 0 aliphatic heterocycles. The van der Waals surface area contributed by atoms with E-state index in [4.69, 9.17) is 5.90 Å². The van der Waals surface area contributed by atoms with Crippen LogP contribution in [0.4, 0.5) is 0 Å². The van der Waals surface area contributed by atoms with Crippen molar-refractivity contribution in [2.45, 2.75) is 38.0 Å². The van der Waals surface area contributed by atoms with Gasteiger partial charge in [0, 0.05) is 0 Å². The van der Waals surface area contributed by atoms with Crippen LogP contribution >= 0.6 is 0 Å². The molecule has 2 N–H and O–H groups in total. The molecule has 1 aromatic carbocycles. The molecule has 16 heavy (non-hydrogen) atoms. The third kappa shape index (κ3) is 2.25. The van der Waals surface area contributed by atoms with Gasteiger partial charge in [0.2, 0.25) is 0 Å². The Morgan fingerprint density at radius 2 is 1.88 bits per heavy atom. The second kappa shape index (κ2) is 5.12. The molecule has 86 valence electrons. The summed E-state index contributed by atoms with van der Waals surface area (Å²) in [6.45, 7) is 0. The first-order chi connectivity index (χ1) is 7.83. The van der Waals surface area contributed by atoms with E-state index < -0.39 is 5.97 Å². The van der Waals surface area contributed by atoms with Gasteiger partial charge in [0.1, 0.15) is 0 Å². The lowest BCUT2D eigenvalue weighted by molar-refractivity contribution is 0.0501. The third-order valence-corrected chi connectivity index (χ3v) is 3.33. The fraction of sp³-hybridized carbons (Fsp3) is 0.462. The number of hydrogen-bond donors (Lipinski definition) is 1. The first-order valence-corrected chi connectivity index (χ1v) is 5.83. The van der Waals surface area contributed by atoms with Crippen LogP contribution in [0.25, 0.3) is 0 Å². The average Bonchev–Trinajstić information content (AvgIpc) is 2.39. The summed E-state index contributed by atoms with van der Waals surface area (Å²) in [6, 6.07) is 7.62. The van der Waals surface area contributed by atoms with Gasteiger partial charge in [-0.2, -0.15) is 5.90 Å². The first-order valence-electron chi connectivity index (χ1n) is 5.83. The summed E-state index contributed by atoms with van der Waals surface area (Å²) < 4.78 is 0. The molecule has 1 fully saturated rings. The van der Waals surface area contributed by atoms with E-state index in [1.54, 1.807) is 6.07 Å². The van der Waals surface area contributed by atoms with Crippen molar-refractivity contribution < 1.29 is 9.63 Å². The van der Waals surface area contributed by atoms with E-state index in [-0.39, 0.29) is 0 Å². The Bertz CT molecular complexity index is 370. The number of carbonyl (C=O) groups excluding carboxylic acids is 1. The van der Waals surface area contributed by atoms with Gasteiger partial charge in [-0.25, -0.2) is 4.79 Å². The van der Waals surface area contributed by atoms with Crippen LogP contribution in [0.1, 0.15) is 53.9 Å². The molecule has 0 bridgehead atoms. The summed E-state index contributed by atoms with van der Waals surface area (Å²) in [5, 5.41) is 0. The molecular weight excluding hydrogens is 202 g/mol. The van der Waals surface area contributed by atoms with Crippen molar-refractivity contribution in [2.75, 3.05) is 0 Å². The smallest absolute Gasteiger partial charge is 0.356 e. The summed E-state index contributed by atoms with van der Waals surface area (Å²) >= 11 is 0. The molecule has 2 rings (SSSR count). The van der Waals surface area contributed by atoms with Crippen LogP contribution in [0.3, 0.4) is 0 Å². The lowest BCUT2D eigenvalue weighted by Gasteiger charge is -2.23. The summed E-state index contributed by atoms with van der Waals surface area (Å²) in [7, 11) is 0. The predicted octanol–water partition coefficient (Wildman–Crippen LogP) is 2.76. The molecule has 0 radical (unpaired) electrons. The van der Waals surface area contributed by atoms with Crippen molar-refractivity contribution in [3.05, 3.63) is 35.4 Å². The average molecular weight is 219 g/mol. The molecule has 0 spiro atoms. The molecule has 0 atom stereocenters. The minimum Gasteiger partial charge on any atom is -0.370 e. The SMILES string of the molecule is NOC(=O)c1ccccc1C1CCCCC1. The predicted molar refractivity (Wildman–Crippen MR) is 61.9 cm³/mol. The highest BCUT2D eigenvalue weighted by Gasteiger charge is 2.21. The monoisotopic (exact) mass is 219 g/mol. The van der Waals surface area contributed by atoms with Crippen molar-refractivity contribution in [1.29, 1.82) is 0 Å². The van der Waals surface area contributed by atoms with Crippen molar-refractivity contribution in [2.24, 2.45) is 5.90 Å². The quantitative estimate of drug-likeness (QED) is 0.778. The molecule has 0 amide bonds. The maximum Gasteiger partial charge on any atom is 0.356 e. The molecule has 3 nitrogen and oxygen atoms in total. The molecule has 1 aliphatic rings. The zero-order valence-corrected chi connectivity index (χ0v) is 9.32. The van der Waals surface area contributed by atoms with Gasteiger partial charge in [-0.15, -0.1) is 0 Å². The Morgan fingerprint density at radius 3 is 2.56 bits per heavy atom. The molecular formula is C13H17NO2. The Labute approximate surface area is 95.5 Å². The Morgan fingerprint density at radius 1 is 1.19 bits per heavy atom. The highest BCUT2D eigenvalue weighted by atomic mass is 16.7. The van der Waals surface area contributed by atoms with E-state index in [0.717, 1.165) is 18.4 Å². The minimum atomic E-state index is -0.429. The normalized spacial score (nSPS) is 17.1. The number of hydrogen-bond acceptors (Lipinski definition) is 3. The highest BCUT2D eigenvalue weighted by molar-refractivity contribution is 5.91. The van der Waals surface area contributed by atoms with E-state index in [1.807, 2.05) is 18.2 Å². The molecule has 3 heteroatoms. The number of benzene rings is 1. The lowest BCUT2D eigenvalue weighted by Crippen LogP contribution is -2.15. The van der Waals surface area contributed by atoms with Gasteiger partial charge in [0.15, 0.2) is 0 Å². The van der Waals surface area contributed by atoms with Crippen LogP contribution in [0.15, 0.2) is 24.3 Å². The van der Waals surface area contributed by atoms with Crippen LogP contribution in [-0.2, 0) is 4.84 Å². The van der Waals surface area contributed by atoms with Crippen molar-refractivity contribution in [3.8, 4) is 0 Å². The van der Waals surface area contributed by atoms with Gasteiger partial charge in [-0.05, 0) is 30.4 Å². The van der Waals surface area contributed by atoms with Crippen LogP contribution in [0, 0.1) is 0 Å². The molecule has 0 saturated heterocycles. The van der Waals surface area contributed by atoms with Crippen molar-refractivity contribution in [1.82, 2.24) is 0 Å². The van der Waals surface area contributed by atoms with E-state index in [1.165, 1.54) is 19.3 Å². The van der Waals surface area contributed by atoms with Crippen LogP contribution < -0.4 is 5.90 Å². The zero-order chi connectivity index (χ0) is 11.4. The van der Waals surface area contributed by atoms with Gasteiger partial charge in [0.25, 0.3) is 0 Å². The standard InChI is InChI=1S/C13H17NO2/c14-16-13(15)12-9-5-4-8-11(12)10-6-2-1-3-7-10/h4-5,8-10H,1-3,6-7,14H2. The third-order valence-electron chi connectivity index (χ3n) is 3.33. The molecule has 1 aliphatic carbocycles. The van der Waals surface area contributed by atoms with Crippen LogP contribution in [0.5, 0.6) is 0 Å². The van der Waals surface area contributed by atoms with Gasteiger partial charge in [-0.1, -0.05) is 37.5 Å². The Hall–Kier alpha value is -1.35. The molecule has 0 heterocycles. The fourth-order valence-electron chi connectivity index (χ4n) is 2.52. The minimum absolute atomic E-state index is 0.429. The van der Waals surface area contributed by atoms with Crippen molar-refractivity contribution in [3.63, 3.8) is 0 Å². The Kier molecular flexibility index (Phi) is 3.57. The second-order valence-corrected chi connectivity index (χ2v) is 4.33. The van der Waals surface area contributed by atoms with Gasteiger partial charge in [-0.3, -0.25) is 0 Å². The maximum absolute atomic E-state index is 11.5. The summed E-state index contributed by atoms with van der Waals surface area (Å²) in [6.07, 6.45) is 6.12. The van der Waals surface area contributed by atoms with E-state index in [0.29, 0.717) is 11.5 Å². The molecule has 0 unspecified atom stereocenters. The summed E-state index contributed by atoms with van der Waals surface area (Å²) in [5.41, 5.74) is 1.72. The molecule has 1 saturated carbocycles. The van der Waals surface area contributed by atoms with E-state index in [9.17, 15) is 4.79 Å². The zero-order valence-electron chi connectivity index (χ0n) is 9.32.